The Hall–Kier alpha value is -3.99. The normalized spacial score (nSPS) is 17.0. The van der Waals surface area contributed by atoms with Crippen molar-refractivity contribution < 1.29 is 28.6 Å². The van der Waals surface area contributed by atoms with Gasteiger partial charge in [-0.25, -0.2) is 4.79 Å². The van der Waals surface area contributed by atoms with Crippen LogP contribution in [0.5, 0.6) is 11.5 Å². The molecule has 3 aliphatic rings. The van der Waals surface area contributed by atoms with Crippen molar-refractivity contribution in [1.29, 1.82) is 0 Å². The van der Waals surface area contributed by atoms with Gasteiger partial charge in [0.25, 0.3) is 11.8 Å². The van der Waals surface area contributed by atoms with E-state index >= 15 is 0 Å². The Balaban J connectivity index is 1.35. The average Bonchev–Trinajstić information content (AvgIpc) is 3.41. The Morgan fingerprint density at radius 2 is 1.58 bits per heavy atom. The Kier molecular flexibility index (Phi) is 7.54. The van der Waals surface area contributed by atoms with E-state index in [0.717, 1.165) is 5.69 Å². The molecule has 11 nitrogen and oxygen atoms in total. The zero-order chi connectivity index (χ0) is 26.6. The van der Waals surface area contributed by atoms with Crippen LogP contribution in [-0.2, 0) is 4.74 Å². The maximum Gasteiger partial charge on any atom is 0.317 e. The third kappa shape index (κ3) is 5.62. The topological polar surface area (TPSA) is 113 Å². The molecule has 0 unspecified atom stereocenters. The van der Waals surface area contributed by atoms with Crippen LogP contribution in [0.1, 0.15) is 34.6 Å². The van der Waals surface area contributed by atoms with Gasteiger partial charge < -0.3 is 39.5 Å². The summed E-state index contributed by atoms with van der Waals surface area (Å²) in [4.78, 5) is 44.7. The van der Waals surface area contributed by atoms with Gasteiger partial charge in [-0.3, -0.25) is 9.59 Å². The molecule has 2 fully saturated rings. The number of hydrogen-bond donors (Lipinski definition) is 2. The molecule has 0 saturated carbocycles. The average molecular weight is 524 g/mol. The number of anilines is 2. The summed E-state index contributed by atoms with van der Waals surface area (Å²) in [7, 11) is 0. The number of morpholine rings is 1. The van der Waals surface area contributed by atoms with Crippen molar-refractivity contribution in [3.63, 3.8) is 0 Å². The number of nitrogens with zero attached hydrogens (tertiary/aromatic N) is 3. The van der Waals surface area contributed by atoms with E-state index < -0.39 is 0 Å². The van der Waals surface area contributed by atoms with Crippen LogP contribution in [-0.4, -0.2) is 93.0 Å². The van der Waals surface area contributed by atoms with Crippen molar-refractivity contribution >= 4 is 29.2 Å². The van der Waals surface area contributed by atoms with E-state index in [4.69, 9.17) is 14.2 Å². The fraction of sp³-hybridized carbons (Fsp3) is 0.444. The highest BCUT2D eigenvalue weighted by Gasteiger charge is 2.27. The van der Waals surface area contributed by atoms with E-state index in [1.165, 1.54) is 0 Å². The first-order chi connectivity index (χ1) is 18.4. The van der Waals surface area contributed by atoms with Gasteiger partial charge in [-0.15, -0.1) is 0 Å². The molecular formula is C27H33N5O6. The Morgan fingerprint density at radius 1 is 0.842 bits per heavy atom. The summed E-state index contributed by atoms with van der Waals surface area (Å²) in [6.07, 6.45) is 0. The number of urea groups is 1. The fourth-order valence-electron chi connectivity index (χ4n) is 4.73. The van der Waals surface area contributed by atoms with Gasteiger partial charge in [0.05, 0.1) is 18.8 Å². The van der Waals surface area contributed by atoms with Crippen LogP contribution in [0.25, 0.3) is 0 Å². The van der Waals surface area contributed by atoms with Crippen LogP contribution in [0, 0.1) is 0 Å². The molecule has 0 atom stereocenters. The molecule has 0 aromatic heterocycles. The third-order valence-electron chi connectivity index (χ3n) is 6.74. The van der Waals surface area contributed by atoms with E-state index in [2.05, 4.69) is 15.5 Å². The molecule has 0 bridgehead atoms. The number of ether oxygens (including phenoxy) is 3. The number of benzene rings is 2. The number of carbonyl (C=O) groups excluding carboxylic acids is 3. The van der Waals surface area contributed by atoms with Gasteiger partial charge in [0.2, 0.25) is 6.79 Å². The van der Waals surface area contributed by atoms with Crippen molar-refractivity contribution in [2.24, 2.45) is 0 Å². The van der Waals surface area contributed by atoms with E-state index in [-0.39, 0.29) is 30.7 Å². The number of piperazine rings is 1. The van der Waals surface area contributed by atoms with Gasteiger partial charge in [-0.05, 0) is 50.2 Å². The molecule has 2 N–H and O–H groups in total. The molecule has 202 valence electrons. The lowest BCUT2D eigenvalue weighted by atomic mass is 10.1. The smallest absolute Gasteiger partial charge is 0.317 e. The third-order valence-corrected chi connectivity index (χ3v) is 6.74. The Morgan fingerprint density at radius 3 is 2.32 bits per heavy atom. The van der Waals surface area contributed by atoms with Crippen LogP contribution in [0.4, 0.5) is 16.2 Å². The summed E-state index contributed by atoms with van der Waals surface area (Å²) >= 11 is 0. The number of amides is 4. The van der Waals surface area contributed by atoms with Crippen LogP contribution < -0.4 is 25.0 Å². The minimum absolute atomic E-state index is 0.0682. The molecule has 3 aliphatic heterocycles. The second-order valence-electron chi connectivity index (χ2n) is 9.74. The monoisotopic (exact) mass is 523 g/mol. The molecule has 0 radical (unpaired) electrons. The number of carbonyl (C=O) groups is 3. The summed E-state index contributed by atoms with van der Waals surface area (Å²) in [6, 6.07) is 10.4. The Bertz CT molecular complexity index is 1200. The maximum atomic E-state index is 13.6. The number of fused-ring (bicyclic) bond motifs is 1. The molecule has 0 spiro atoms. The maximum absolute atomic E-state index is 13.6. The van der Waals surface area contributed by atoms with Crippen molar-refractivity contribution in [3.05, 3.63) is 47.5 Å². The molecule has 3 heterocycles. The first-order valence-electron chi connectivity index (χ1n) is 12.9. The minimum atomic E-state index is -0.314. The van der Waals surface area contributed by atoms with Gasteiger partial charge in [-0.1, -0.05) is 0 Å². The number of rotatable bonds is 5. The molecule has 2 saturated heterocycles. The highest BCUT2D eigenvalue weighted by Crippen LogP contribution is 2.33. The predicted molar refractivity (Wildman–Crippen MR) is 141 cm³/mol. The van der Waals surface area contributed by atoms with Crippen LogP contribution in [0.3, 0.4) is 0 Å². The zero-order valence-electron chi connectivity index (χ0n) is 21.7. The molecule has 11 heteroatoms. The van der Waals surface area contributed by atoms with Crippen molar-refractivity contribution in [1.82, 2.24) is 15.1 Å². The van der Waals surface area contributed by atoms with E-state index in [1.807, 2.05) is 19.9 Å². The minimum Gasteiger partial charge on any atom is -0.454 e. The molecule has 0 aliphatic carbocycles. The van der Waals surface area contributed by atoms with Crippen molar-refractivity contribution in [3.8, 4) is 11.5 Å². The summed E-state index contributed by atoms with van der Waals surface area (Å²) in [5, 5.41) is 5.84. The first kappa shape index (κ1) is 25.7. The van der Waals surface area contributed by atoms with Gasteiger partial charge in [-0.2, -0.15) is 0 Å². The number of nitrogens with one attached hydrogen (secondary N) is 2. The molecule has 4 amide bonds. The van der Waals surface area contributed by atoms with Gasteiger partial charge in [0.15, 0.2) is 11.5 Å². The molecule has 2 aromatic carbocycles. The van der Waals surface area contributed by atoms with Crippen molar-refractivity contribution in [2.45, 2.75) is 19.9 Å². The van der Waals surface area contributed by atoms with Gasteiger partial charge in [0, 0.05) is 62.2 Å². The second kappa shape index (κ2) is 11.2. The van der Waals surface area contributed by atoms with Crippen LogP contribution in [0.15, 0.2) is 36.4 Å². The first-order valence-corrected chi connectivity index (χ1v) is 12.9. The van der Waals surface area contributed by atoms with Gasteiger partial charge >= 0.3 is 6.03 Å². The van der Waals surface area contributed by atoms with Crippen molar-refractivity contribution in [2.75, 3.05) is 69.5 Å². The lowest BCUT2D eigenvalue weighted by Crippen LogP contribution is -2.53. The molecule has 38 heavy (non-hydrogen) atoms. The summed E-state index contributed by atoms with van der Waals surface area (Å²) in [5.74, 6) is 0.705. The summed E-state index contributed by atoms with van der Waals surface area (Å²) in [5.41, 5.74) is 2.24. The van der Waals surface area contributed by atoms with Crippen LogP contribution >= 0.6 is 0 Å². The standard InChI is InChI=1S/C27H33N5O6/c1-18(2)28-27(35)32-9-7-30(8-10-32)22-5-4-20(16-21(22)26(34)31-11-13-36-14-12-31)29-25(33)19-3-6-23-24(15-19)38-17-37-23/h3-6,15-16,18H,7-14,17H2,1-2H3,(H,28,35)(H,29,33). The van der Waals surface area contributed by atoms with E-state index in [1.54, 1.807) is 40.1 Å². The lowest BCUT2D eigenvalue weighted by Gasteiger charge is -2.37. The van der Waals surface area contributed by atoms with E-state index in [0.29, 0.717) is 80.8 Å². The van der Waals surface area contributed by atoms with E-state index in [9.17, 15) is 14.4 Å². The molecule has 5 rings (SSSR count). The predicted octanol–water partition coefficient (Wildman–Crippen LogP) is 2.38. The zero-order valence-corrected chi connectivity index (χ0v) is 21.7. The summed E-state index contributed by atoms with van der Waals surface area (Å²) in [6.45, 7) is 8.29. The lowest BCUT2D eigenvalue weighted by molar-refractivity contribution is 0.0303. The SMILES string of the molecule is CC(C)NC(=O)N1CCN(c2ccc(NC(=O)c3ccc4c(c3)OCO4)cc2C(=O)N2CCOCC2)CC1. The number of hydrogen-bond acceptors (Lipinski definition) is 7. The molecular weight excluding hydrogens is 490 g/mol. The fourth-order valence-corrected chi connectivity index (χ4v) is 4.73. The highest BCUT2D eigenvalue weighted by molar-refractivity contribution is 6.06. The largest absolute Gasteiger partial charge is 0.454 e. The quantitative estimate of drug-likeness (QED) is 0.619. The second-order valence-corrected chi connectivity index (χ2v) is 9.74. The van der Waals surface area contributed by atoms with Crippen LogP contribution in [0.2, 0.25) is 0 Å². The molecule has 2 aromatic rings. The van der Waals surface area contributed by atoms with Gasteiger partial charge in [0.1, 0.15) is 0 Å². The highest BCUT2D eigenvalue weighted by atomic mass is 16.7. The Labute approximate surface area is 221 Å². The summed E-state index contributed by atoms with van der Waals surface area (Å²) < 4.78 is 16.1.